The first-order chi connectivity index (χ1) is 8.81. The van der Waals surface area contributed by atoms with E-state index in [1.54, 1.807) is 0 Å². The van der Waals surface area contributed by atoms with Crippen LogP contribution in [0, 0.1) is 15.9 Å². The highest BCUT2D eigenvalue weighted by molar-refractivity contribution is 5.86. The predicted molar refractivity (Wildman–Crippen MR) is 56.4 cm³/mol. The van der Waals surface area contributed by atoms with Crippen LogP contribution in [0.3, 0.4) is 0 Å². The number of aliphatic carboxylic acids is 1. The molecule has 1 aromatic carbocycles. The molecule has 0 saturated heterocycles. The van der Waals surface area contributed by atoms with Crippen LogP contribution in [-0.2, 0) is 4.79 Å². The van der Waals surface area contributed by atoms with E-state index in [2.05, 4.69) is 4.74 Å². The van der Waals surface area contributed by atoms with Crippen LogP contribution in [0.5, 0.6) is 5.75 Å². The second-order valence-electron chi connectivity index (χ2n) is 3.15. The van der Waals surface area contributed by atoms with Gasteiger partial charge in [0.05, 0.1) is 16.6 Å². The molecule has 0 unspecified atom stereocenters. The summed E-state index contributed by atoms with van der Waals surface area (Å²) >= 11 is 0. The molecule has 0 radical (unpaired) electrons. The molecule has 19 heavy (non-hydrogen) atoms. The number of carboxylic acids is 1. The second kappa shape index (κ2) is 5.85. The molecule has 0 heterocycles. The summed E-state index contributed by atoms with van der Waals surface area (Å²) in [5.74, 6) is -3.67. The lowest BCUT2D eigenvalue weighted by atomic mass is 10.1. The van der Waals surface area contributed by atoms with Gasteiger partial charge in [0.1, 0.15) is 0 Å². The van der Waals surface area contributed by atoms with E-state index in [-0.39, 0.29) is 5.56 Å². The van der Waals surface area contributed by atoms with Gasteiger partial charge in [-0.15, -0.1) is 0 Å². The number of nitro benzene ring substituents is 1. The van der Waals surface area contributed by atoms with Crippen LogP contribution < -0.4 is 4.74 Å². The minimum atomic E-state index is -3.31. The Balaban J connectivity index is 3.30. The fourth-order valence-electron chi connectivity index (χ4n) is 1.20. The average molecular weight is 277 g/mol. The van der Waals surface area contributed by atoms with Crippen LogP contribution in [0.1, 0.15) is 5.56 Å². The summed E-state index contributed by atoms with van der Waals surface area (Å²) in [5.41, 5.74) is -1.14. The SMILES string of the molecule is O=C(O)/C=C/c1cc(OC(F)F)c(F)cc1[N+](=O)[O-]. The first kappa shape index (κ1) is 14.5. The normalized spacial score (nSPS) is 10.9. The van der Waals surface area contributed by atoms with E-state index < -0.39 is 34.8 Å². The Labute approximate surface area is 103 Å². The van der Waals surface area contributed by atoms with E-state index in [1.807, 2.05) is 0 Å². The largest absolute Gasteiger partial charge is 0.478 e. The standard InChI is InChI=1S/C10H6F3NO5/c11-6-4-7(14(17)18)5(1-2-9(15)16)3-8(6)19-10(12)13/h1-4,10H,(H,15,16)/b2-1+. The van der Waals surface area contributed by atoms with Crippen LogP contribution in [0.25, 0.3) is 6.08 Å². The molecule has 0 aliphatic carbocycles. The van der Waals surface area contributed by atoms with Gasteiger partial charge in [-0.25, -0.2) is 9.18 Å². The number of nitrogens with zero attached hydrogens (tertiary/aromatic N) is 1. The van der Waals surface area contributed by atoms with Gasteiger partial charge >= 0.3 is 12.6 Å². The van der Waals surface area contributed by atoms with E-state index in [9.17, 15) is 28.1 Å². The summed E-state index contributed by atoms with van der Waals surface area (Å²) in [6, 6.07) is 0.998. The maximum absolute atomic E-state index is 13.2. The Bertz CT molecular complexity index is 544. The molecule has 0 amide bonds. The molecule has 0 fully saturated rings. The second-order valence-corrected chi connectivity index (χ2v) is 3.15. The van der Waals surface area contributed by atoms with Gasteiger partial charge in [-0.3, -0.25) is 10.1 Å². The molecule has 0 aromatic heterocycles. The molecule has 102 valence electrons. The maximum atomic E-state index is 13.2. The van der Waals surface area contributed by atoms with Crippen molar-refractivity contribution in [2.75, 3.05) is 0 Å². The summed E-state index contributed by atoms with van der Waals surface area (Å²) in [4.78, 5) is 19.9. The monoisotopic (exact) mass is 277 g/mol. The number of ether oxygens (including phenoxy) is 1. The summed E-state index contributed by atoms with van der Waals surface area (Å²) < 4.78 is 41.0. The van der Waals surface area contributed by atoms with Gasteiger partial charge in [0.15, 0.2) is 11.6 Å². The quantitative estimate of drug-likeness (QED) is 0.507. The number of carbonyl (C=O) groups is 1. The molecule has 0 bridgehead atoms. The third-order valence-corrected chi connectivity index (χ3v) is 1.90. The molecular formula is C10H6F3NO5. The number of benzene rings is 1. The number of alkyl halides is 2. The number of nitro groups is 1. The molecule has 9 heteroatoms. The van der Waals surface area contributed by atoms with Gasteiger partial charge in [0, 0.05) is 6.08 Å². The van der Waals surface area contributed by atoms with Crippen molar-refractivity contribution in [3.8, 4) is 5.75 Å². The van der Waals surface area contributed by atoms with Crippen molar-refractivity contribution in [3.63, 3.8) is 0 Å². The highest BCUT2D eigenvalue weighted by Crippen LogP contribution is 2.29. The van der Waals surface area contributed by atoms with E-state index in [4.69, 9.17) is 5.11 Å². The molecule has 1 N–H and O–H groups in total. The first-order valence-electron chi connectivity index (χ1n) is 4.65. The first-order valence-corrected chi connectivity index (χ1v) is 4.65. The summed E-state index contributed by atoms with van der Waals surface area (Å²) in [6.07, 6.45) is 1.32. The van der Waals surface area contributed by atoms with Crippen molar-refractivity contribution >= 4 is 17.7 Å². The van der Waals surface area contributed by atoms with Crippen molar-refractivity contribution in [1.82, 2.24) is 0 Å². The number of halogens is 3. The zero-order valence-electron chi connectivity index (χ0n) is 9.05. The minimum absolute atomic E-state index is 0.371. The molecular weight excluding hydrogens is 271 g/mol. The lowest BCUT2D eigenvalue weighted by molar-refractivity contribution is -0.385. The van der Waals surface area contributed by atoms with Gasteiger partial charge in [0.2, 0.25) is 0 Å². The fraction of sp³-hybridized carbons (Fsp3) is 0.100. The van der Waals surface area contributed by atoms with Gasteiger partial charge in [-0.1, -0.05) is 0 Å². The third kappa shape index (κ3) is 3.98. The van der Waals surface area contributed by atoms with Crippen LogP contribution in [0.2, 0.25) is 0 Å². The highest BCUT2D eigenvalue weighted by atomic mass is 19.3. The summed E-state index contributed by atoms with van der Waals surface area (Å²) in [5, 5.41) is 19.0. The van der Waals surface area contributed by atoms with Crippen LogP contribution in [0.4, 0.5) is 18.9 Å². The van der Waals surface area contributed by atoms with Crippen molar-refractivity contribution in [1.29, 1.82) is 0 Å². The highest BCUT2D eigenvalue weighted by Gasteiger charge is 2.19. The van der Waals surface area contributed by atoms with Gasteiger partial charge < -0.3 is 9.84 Å². The predicted octanol–water partition coefficient (Wildman–Crippen LogP) is 2.43. The van der Waals surface area contributed by atoms with E-state index >= 15 is 0 Å². The smallest absolute Gasteiger partial charge is 0.387 e. The molecule has 1 rings (SSSR count). The lowest BCUT2D eigenvalue weighted by Gasteiger charge is -2.07. The molecule has 0 spiro atoms. The Hall–Kier alpha value is -2.58. The van der Waals surface area contributed by atoms with Crippen LogP contribution in [0.15, 0.2) is 18.2 Å². The number of rotatable bonds is 5. The van der Waals surface area contributed by atoms with Gasteiger partial charge in [0.25, 0.3) is 5.69 Å². The molecule has 1 aromatic rings. The number of hydrogen-bond donors (Lipinski definition) is 1. The Morgan fingerprint density at radius 3 is 2.58 bits per heavy atom. The zero-order valence-corrected chi connectivity index (χ0v) is 9.05. The summed E-state index contributed by atoms with van der Waals surface area (Å²) in [7, 11) is 0. The van der Waals surface area contributed by atoms with E-state index in [0.717, 1.165) is 6.08 Å². The topological polar surface area (TPSA) is 89.7 Å². The van der Waals surface area contributed by atoms with Crippen molar-refractivity contribution in [2.45, 2.75) is 6.61 Å². The fourth-order valence-corrected chi connectivity index (χ4v) is 1.20. The van der Waals surface area contributed by atoms with Crippen molar-refractivity contribution < 1.29 is 32.7 Å². The molecule has 0 aliphatic rings. The van der Waals surface area contributed by atoms with E-state index in [0.29, 0.717) is 18.2 Å². The van der Waals surface area contributed by atoms with Gasteiger partial charge in [-0.2, -0.15) is 8.78 Å². The molecule has 6 nitrogen and oxygen atoms in total. The van der Waals surface area contributed by atoms with E-state index in [1.165, 1.54) is 0 Å². The molecule has 0 aliphatic heterocycles. The zero-order chi connectivity index (χ0) is 14.6. The minimum Gasteiger partial charge on any atom is -0.478 e. The van der Waals surface area contributed by atoms with Crippen molar-refractivity contribution in [3.05, 3.63) is 39.7 Å². The van der Waals surface area contributed by atoms with Crippen LogP contribution >= 0.6 is 0 Å². The van der Waals surface area contributed by atoms with Crippen molar-refractivity contribution in [2.24, 2.45) is 0 Å². The number of hydrogen-bond acceptors (Lipinski definition) is 4. The maximum Gasteiger partial charge on any atom is 0.387 e. The molecule has 0 atom stereocenters. The lowest BCUT2D eigenvalue weighted by Crippen LogP contribution is -2.05. The Morgan fingerprint density at radius 1 is 1.47 bits per heavy atom. The average Bonchev–Trinajstić information content (AvgIpc) is 2.28. The Morgan fingerprint density at radius 2 is 2.11 bits per heavy atom. The number of carboxylic acid groups (broad SMARTS) is 1. The molecule has 0 saturated carbocycles. The summed E-state index contributed by atoms with van der Waals surface area (Å²) in [6.45, 7) is -3.31. The Kier molecular flexibility index (Phi) is 4.46. The van der Waals surface area contributed by atoms with Crippen LogP contribution in [-0.4, -0.2) is 22.6 Å². The van der Waals surface area contributed by atoms with Gasteiger partial charge in [-0.05, 0) is 12.1 Å². The third-order valence-electron chi connectivity index (χ3n) is 1.90.